The Labute approximate surface area is 190 Å². The Kier molecular flexibility index (Phi) is 4.96. The zero-order valence-corrected chi connectivity index (χ0v) is 19.9. The first-order chi connectivity index (χ1) is 15.2. The number of carbonyl (C=O) groups excluding carboxylic acids is 1. The molecule has 32 heavy (non-hydrogen) atoms. The first kappa shape index (κ1) is 20.9. The standard InChI is InChI=1S/C23H28N6O2S/c1-14-10-18(25-29-12-15(2)24-20(14)29)19-11-16-13-28(26-21(16)32-19)17-6-8-27(9-7-17)22(30)31-23(3,4)5/h10-13,17H,6-9H2,1-5H3. The number of aromatic nitrogens is 5. The molecule has 0 aromatic carbocycles. The van der Waals surface area contributed by atoms with Crippen LogP contribution in [0.15, 0.2) is 24.5 Å². The van der Waals surface area contributed by atoms with Crippen molar-refractivity contribution < 1.29 is 9.53 Å². The van der Waals surface area contributed by atoms with E-state index < -0.39 is 5.60 Å². The van der Waals surface area contributed by atoms with Crippen LogP contribution in [0.5, 0.6) is 0 Å². The molecule has 5 heterocycles. The Balaban J connectivity index is 1.31. The molecule has 0 saturated carbocycles. The summed E-state index contributed by atoms with van der Waals surface area (Å²) in [4.78, 5) is 20.8. The van der Waals surface area contributed by atoms with E-state index in [1.807, 2.05) is 38.4 Å². The number of aryl methyl sites for hydroxylation is 2. The Bertz CT molecular complexity index is 1270. The number of amides is 1. The zero-order valence-electron chi connectivity index (χ0n) is 19.1. The van der Waals surface area contributed by atoms with Gasteiger partial charge in [0.05, 0.1) is 22.8 Å². The normalized spacial score (nSPS) is 15.7. The van der Waals surface area contributed by atoms with Crippen LogP contribution in [-0.2, 0) is 4.74 Å². The van der Waals surface area contributed by atoms with Gasteiger partial charge in [0, 0.05) is 24.7 Å². The molecule has 0 radical (unpaired) electrons. The highest BCUT2D eigenvalue weighted by molar-refractivity contribution is 7.21. The van der Waals surface area contributed by atoms with Crippen LogP contribution in [0, 0.1) is 13.8 Å². The van der Waals surface area contributed by atoms with E-state index >= 15 is 0 Å². The third kappa shape index (κ3) is 3.97. The van der Waals surface area contributed by atoms with Gasteiger partial charge in [-0.3, -0.25) is 4.68 Å². The monoisotopic (exact) mass is 452 g/mol. The van der Waals surface area contributed by atoms with Crippen molar-refractivity contribution in [1.29, 1.82) is 0 Å². The number of imidazole rings is 1. The number of likely N-dealkylation sites (tertiary alicyclic amines) is 1. The number of rotatable bonds is 2. The summed E-state index contributed by atoms with van der Waals surface area (Å²) in [6.07, 6.45) is 5.59. The Morgan fingerprint density at radius 3 is 2.56 bits per heavy atom. The molecule has 1 saturated heterocycles. The van der Waals surface area contributed by atoms with E-state index in [1.165, 1.54) is 0 Å². The summed E-state index contributed by atoms with van der Waals surface area (Å²) in [7, 11) is 0. The number of nitrogens with zero attached hydrogens (tertiary/aromatic N) is 6. The summed E-state index contributed by atoms with van der Waals surface area (Å²) in [6, 6.07) is 4.55. The lowest BCUT2D eigenvalue weighted by Crippen LogP contribution is -2.42. The van der Waals surface area contributed by atoms with E-state index in [0.717, 1.165) is 50.5 Å². The first-order valence-electron chi connectivity index (χ1n) is 11.0. The molecule has 1 fully saturated rings. The van der Waals surface area contributed by atoms with Gasteiger partial charge in [0.2, 0.25) is 0 Å². The summed E-state index contributed by atoms with van der Waals surface area (Å²) in [6.45, 7) is 11.1. The molecule has 0 spiro atoms. The molecular formula is C23H28N6O2S. The van der Waals surface area contributed by atoms with Crippen molar-refractivity contribution in [2.75, 3.05) is 13.1 Å². The van der Waals surface area contributed by atoms with Crippen LogP contribution in [0.4, 0.5) is 4.79 Å². The topological polar surface area (TPSA) is 77.5 Å². The van der Waals surface area contributed by atoms with Gasteiger partial charge in [-0.25, -0.2) is 14.3 Å². The third-order valence-corrected chi connectivity index (χ3v) is 6.75. The van der Waals surface area contributed by atoms with Gasteiger partial charge in [-0.05, 0) is 65.2 Å². The predicted molar refractivity (Wildman–Crippen MR) is 125 cm³/mol. The van der Waals surface area contributed by atoms with E-state index in [2.05, 4.69) is 34.9 Å². The molecular weight excluding hydrogens is 424 g/mol. The second-order valence-electron chi connectivity index (χ2n) is 9.54. The quantitative estimate of drug-likeness (QED) is 0.428. The molecule has 8 nitrogen and oxygen atoms in total. The molecule has 0 N–H and O–H groups in total. The Hall–Kier alpha value is -2.94. The molecule has 5 rings (SSSR count). The van der Waals surface area contributed by atoms with Crippen LogP contribution in [0.1, 0.15) is 50.9 Å². The minimum Gasteiger partial charge on any atom is -0.444 e. The van der Waals surface area contributed by atoms with Gasteiger partial charge in [-0.15, -0.1) is 11.3 Å². The number of piperidine rings is 1. The SMILES string of the molecule is Cc1cn2nc(-c3cc4cn(C5CCN(C(=O)OC(C)(C)C)CC5)nc4s3)cc(C)c2n1. The van der Waals surface area contributed by atoms with Gasteiger partial charge in [0.25, 0.3) is 0 Å². The molecule has 1 aliphatic heterocycles. The molecule has 1 amide bonds. The van der Waals surface area contributed by atoms with Gasteiger partial charge in [0.15, 0.2) is 5.65 Å². The van der Waals surface area contributed by atoms with Crippen LogP contribution >= 0.6 is 11.3 Å². The van der Waals surface area contributed by atoms with Crippen molar-refractivity contribution >= 4 is 33.3 Å². The smallest absolute Gasteiger partial charge is 0.410 e. The highest BCUT2D eigenvalue weighted by Gasteiger charge is 2.28. The number of ether oxygens (including phenoxy) is 1. The van der Waals surface area contributed by atoms with Crippen molar-refractivity contribution in [3.63, 3.8) is 0 Å². The van der Waals surface area contributed by atoms with Crippen LogP contribution in [0.2, 0.25) is 0 Å². The molecule has 168 valence electrons. The maximum Gasteiger partial charge on any atom is 0.410 e. The summed E-state index contributed by atoms with van der Waals surface area (Å²) >= 11 is 1.66. The average molecular weight is 453 g/mol. The molecule has 0 bridgehead atoms. The maximum absolute atomic E-state index is 12.3. The highest BCUT2D eigenvalue weighted by atomic mass is 32.1. The van der Waals surface area contributed by atoms with E-state index in [4.69, 9.17) is 14.9 Å². The van der Waals surface area contributed by atoms with Crippen molar-refractivity contribution in [3.05, 3.63) is 35.8 Å². The lowest BCUT2D eigenvalue weighted by molar-refractivity contribution is 0.0185. The highest BCUT2D eigenvalue weighted by Crippen LogP contribution is 2.34. The van der Waals surface area contributed by atoms with Crippen molar-refractivity contribution in [3.8, 4) is 10.6 Å². The van der Waals surface area contributed by atoms with Crippen molar-refractivity contribution in [1.82, 2.24) is 29.3 Å². The first-order valence-corrected chi connectivity index (χ1v) is 11.8. The summed E-state index contributed by atoms with van der Waals surface area (Å²) in [5.74, 6) is 0. The summed E-state index contributed by atoms with van der Waals surface area (Å²) in [5, 5.41) is 10.7. The number of carbonyl (C=O) groups is 1. The molecule has 9 heteroatoms. The number of hydrogen-bond acceptors (Lipinski definition) is 6. The van der Waals surface area contributed by atoms with E-state index in [-0.39, 0.29) is 6.09 Å². The predicted octanol–water partition coefficient (Wildman–Crippen LogP) is 5.00. The largest absolute Gasteiger partial charge is 0.444 e. The Morgan fingerprint density at radius 1 is 1.12 bits per heavy atom. The molecule has 1 aliphatic rings. The van der Waals surface area contributed by atoms with E-state index in [1.54, 1.807) is 16.2 Å². The van der Waals surface area contributed by atoms with E-state index in [9.17, 15) is 4.79 Å². The van der Waals surface area contributed by atoms with Gasteiger partial charge in [-0.2, -0.15) is 10.2 Å². The van der Waals surface area contributed by atoms with Crippen LogP contribution < -0.4 is 0 Å². The van der Waals surface area contributed by atoms with Gasteiger partial charge in [-0.1, -0.05) is 0 Å². The summed E-state index contributed by atoms with van der Waals surface area (Å²) < 4.78 is 9.43. The van der Waals surface area contributed by atoms with Gasteiger partial charge >= 0.3 is 6.09 Å². The second kappa shape index (κ2) is 7.58. The van der Waals surface area contributed by atoms with Gasteiger partial charge < -0.3 is 9.64 Å². The average Bonchev–Trinajstić information content (AvgIpc) is 3.39. The maximum atomic E-state index is 12.3. The zero-order chi connectivity index (χ0) is 22.6. The van der Waals surface area contributed by atoms with Crippen LogP contribution in [-0.4, -0.2) is 54.1 Å². The second-order valence-corrected chi connectivity index (χ2v) is 10.6. The van der Waals surface area contributed by atoms with Gasteiger partial charge in [0.1, 0.15) is 16.1 Å². The van der Waals surface area contributed by atoms with E-state index in [0.29, 0.717) is 19.1 Å². The minimum absolute atomic E-state index is 0.227. The number of thiophene rings is 1. The molecule has 0 aliphatic carbocycles. The number of hydrogen-bond donors (Lipinski definition) is 0. The molecule has 4 aromatic rings. The fourth-order valence-electron chi connectivity index (χ4n) is 4.16. The fraction of sp³-hybridized carbons (Fsp3) is 0.478. The molecule has 4 aromatic heterocycles. The minimum atomic E-state index is -0.466. The lowest BCUT2D eigenvalue weighted by Gasteiger charge is -2.33. The van der Waals surface area contributed by atoms with Crippen LogP contribution in [0.3, 0.4) is 0 Å². The Morgan fingerprint density at radius 2 is 1.88 bits per heavy atom. The molecule has 0 atom stereocenters. The molecule has 0 unspecified atom stereocenters. The van der Waals surface area contributed by atoms with Crippen molar-refractivity contribution in [2.45, 2.75) is 59.1 Å². The fourth-order valence-corrected chi connectivity index (χ4v) is 5.12. The number of fused-ring (bicyclic) bond motifs is 2. The third-order valence-electron chi connectivity index (χ3n) is 5.69. The lowest BCUT2D eigenvalue weighted by atomic mass is 10.1. The summed E-state index contributed by atoms with van der Waals surface area (Å²) in [5.41, 5.74) is 3.44. The van der Waals surface area contributed by atoms with Crippen LogP contribution in [0.25, 0.3) is 26.4 Å². The van der Waals surface area contributed by atoms with Crippen molar-refractivity contribution in [2.24, 2.45) is 0 Å².